The minimum atomic E-state index is -1.42. The summed E-state index contributed by atoms with van der Waals surface area (Å²) in [6, 6.07) is 7.75. The number of fused-ring (bicyclic) bond motifs is 1. The third-order valence-corrected chi connectivity index (χ3v) is 3.53. The van der Waals surface area contributed by atoms with Crippen molar-refractivity contribution in [3.63, 3.8) is 0 Å². The Morgan fingerprint density at radius 1 is 1.26 bits per heavy atom. The first-order valence-electron chi connectivity index (χ1n) is 6.28. The fourth-order valence-electron chi connectivity index (χ4n) is 2.46. The minimum Gasteiger partial charge on any atom is -0.388 e. The van der Waals surface area contributed by atoms with Crippen molar-refractivity contribution in [3.05, 3.63) is 30.5 Å². The van der Waals surface area contributed by atoms with Gasteiger partial charge in [0.05, 0.1) is 13.1 Å². The standard InChI is InChI=1S/C14H15F2N3/c1-17-13-4-2-3-9-5-14(18-6-10(9)13)19-7-11(15)12(16)8-19/h2-6,11-12,17H,7-8H2,1H3/t11-,12+. The van der Waals surface area contributed by atoms with Crippen LogP contribution in [0.2, 0.25) is 0 Å². The second kappa shape index (κ2) is 4.64. The van der Waals surface area contributed by atoms with Gasteiger partial charge in [0.25, 0.3) is 0 Å². The Hall–Kier alpha value is -1.91. The molecule has 0 spiro atoms. The van der Waals surface area contributed by atoms with E-state index in [0.717, 1.165) is 16.5 Å². The van der Waals surface area contributed by atoms with Crippen LogP contribution in [0.3, 0.4) is 0 Å². The molecule has 5 heteroatoms. The second-order valence-corrected chi connectivity index (χ2v) is 4.76. The number of alkyl halides is 2. The fraction of sp³-hybridized carbons (Fsp3) is 0.357. The highest BCUT2D eigenvalue weighted by Crippen LogP contribution is 2.28. The van der Waals surface area contributed by atoms with E-state index in [-0.39, 0.29) is 13.1 Å². The largest absolute Gasteiger partial charge is 0.388 e. The molecule has 1 N–H and O–H groups in total. The lowest BCUT2D eigenvalue weighted by Crippen LogP contribution is -2.21. The molecular formula is C14H15F2N3. The third kappa shape index (κ3) is 2.09. The molecule has 0 amide bonds. The number of halogens is 2. The van der Waals surface area contributed by atoms with E-state index < -0.39 is 12.3 Å². The molecule has 19 heavy (non-hydrogen) atoms. The summed E-state index contributed by atoms with van der Waals surface area (Å²) < 4.78 is 26.5. The predicted octanol–water partition coefficient (Wildman–Crippen LogP) is 2.77. The molecule has 3 rings (SSSR count). The molecule has 0 unspecified atom stereocenters. The summed E-state index contributed by atoms with van der Waals surface area (Å²) in [5.41, 5.74) is 0.990. The van der Waals surface area contributed by atoms with E-state index in [1.807, 2.05) is 31.3 Å². The van der Waals surface area contributed by atoms with Crippen LogP contribution >= 0.6 is 0 Å². The van der Waals surface area contributed by atoms with E-state index in [1.165, 1.54) is 0 Å². The van der Waals surface area contributed by atoms with Gasteiger partial charge < -0.3 is 10.2 Å². The van der Waals surface area contributed by atoms with Gasteiger partial charge in [0.2, 0.25) is 0 Å². The van der Waals surface area contributed by atoms with Crippen LogP contribution in [0.4, 0.5) is 20.3 Å². The quantitative estimate of drug-likeness (QED) is 0.903. The van der Waals surface area contributed by atoms with E-state index in [2.05, 4.69) is 10.3 Å². The zero-order chi connectivity index (χ0) is 13.4. The molecule has 0 aliphatic carbocycles. The third-order valence-electron chi connectivity index (χ3n) is 3.53. The number of anilines is 2. The molecule has 1 fully saturated rings. The number of pyridine rings is 1. The number of benzene rings is 1. The maximum Gasteiger partial charge on any atom is 0.150 e. The van der Waals surface area contributed by atoms with Gasteiger partial charge >= 0.3 is 0 Å². The Balaban J connectivity index is 1.99. The van der Waals surface area contributed by atoms with Crippen LogP contribution in [0.15, 0.2) is 30.5 Å². The van der Waals surface area contributed by atoms with Crippen molar-refractivity contribution in [3.8, 4) is 0 Å². The van der Waals surface area contributed by atoms with E-state index >= 15 is 0 Å². The van der Waals surface area contributed by atoms with Crippen molar-refractivity contribution in [2.45, 2.75) is 12.3 Å². The molecule has 0 radical (unpaired) electrons. The molecule has 1 aromatic heterocycles. The summed E-state index contributed by atoms with van der Waals surface area (Å²) in [5.74, 6) is 0.628. The molecule has 1 saturated heterocycles. The van der Waals surface area contributed by atoms with E-state index in [9.17, 15) is 8.78 Å². The van der Waals surface area contributed by atoms with E-state index in [1.54, 1.807) is 11.1 Å². The average Bonchev–Trinajstić information content (AvgIpc) is 2.77. The van der Waals surface area contributed by atoms with Gasteiger partial charge in [0.15, 0.2) is 12.3 Å². The topological polar surface area (TPSA) is 28.2 Å². The Labute approximate surface area is 110 Å². The highest BCUT2D eigenvalue weighted by molar-refractivity contribution is 5.94. The molecule has 2 aromatic rings. The lowest BCUT2D eigenvalue weighted by Gasteiger charge is -2.17. The lowest BCUT2D eigenvalue weighted by molar-refractivity contribution is 0.217. The number of aromatic nitrogens is 1. The van der Waals surface area contributed by atoms with Crippen molar-refractivity contribution >= 4 is 22.3 Å². The SMILES string of the molecule is CNc1cccc2cc(N3C[C@@H](F)[C@@H](F)C3)ncc12. The van der Waals surface area contributed by atoms with Gasteiger partial charge in [-0.3, -0.25) is 0 Å². The van der Waals surface area contributed by atoms with Crippen molar-refractivity contribution in [1.29, 1.82) is 0 Å². The van der Waals surface area contributed by atoms with Crippen LogP contribution in [0.1, 0.15) is 0 Å². The van der Waals surface area contributed by atoms with Gasteiger partial charge in [0.1, 0.15) is 5.82 Å². The minimum absolute atomic E-state index is 0.0748. The van der Waals surface area contributed by atoms with Crippen LogP contribution in [0.25, 0.3) is 10.8 Å². The first kappa shape index (κ1) is 12.1. The zero-order valence-electron chi connectivity index (χ0n) is 10.6. The average molecular weight is 263 g/mol. The molecule has 1 aromatic carbocycles. The summed E-state index contributed by atoms with van der Waals surface area (Å²) in [7, 11) is 1.85. The molecule has 100 valence electrons. The maximum absolute atomic E-state index is 13.2. The molecule has 1 aliphatic heterocycles. The Bertz CT molecular complexity index is 592. The Morgan fingerprint density at radius 3 is 2.68 bits per heavy atom. The number of hydrogen-bond donors (Lipinski definition) is 1. The second-order valence-electron chi connectivity index (χ2n) is 4.76. The summed E-state index contributed by atoms with van der Waals surface area (Å²) in [6.45, 7) is 0.150. The molecule has 1 aliphatic rings. The van der Waals surface area contributed by atoms with Crippen molar-refractivity contribution in [2.24, 2.45) is 0 Å². The van der Waals surface area contributed by atoms with Crippen LogP contribution in [-0.4, -0.2) is 37.5 Å². The van der Waals surface area contributed by atoms with Crippen molar-refractivity contribution < 1.29 is 8.78 Å². The normalized spacial score (nSPS) is 23.0. The summed E-state index contributed by atoms with van der Waals surface area (Å²) in [5, 5.41) is 5.11. The molecular weight excluding hydrogens is 248 g/mol. The predicted molar refractivity (Wildman–Crippen MR) is 73.3 cm³/mol. The highest BCUT2D eigenvalue weighted by Gasteiger charge is 2.33. The Morgan fingerprint density at radius 2 is 2.00 bits per heavy atom. The number of rotatable bonds is 2. The van der Waals surface area contributed by atoms with Gasteiger partial charge in [-0.15, -0.1) is 0 Å². The van der Waals surface area contributed by atoms with Gasteiger partial charge in [-0.2, -0.15) is 0 Å². The van der Waals surface area contributed by atoms with Crippen LogP contribution in [0.5, 0.6) is 0 Å². The lowest BCUT2D eigenvalue weighted by atomic mass is 10.1. The monoisotopic (exact) mass is 263 g/mol. The number of hydrogen-bond acceptors (Lipinski definition) is 3. The van der Waals surface area contributed by atoms with E-state index in [4.69, 9.17) is 0 Å². The summed E-state index contributed by atoms with van der Waals surface area (Å²) in [4.78, 5) is 5.97. The Kier molecular flexibility index (Phi) is 2.97. The highest BCUT2D eigenvalue weighted by atomic mass is 19.2. The molecule has 2 heterocycles. The van der Waals surface area contributed by atoms with Crippen molar-refractivity contribution in [2.75, 3.05) is 30.4 Å². The number of nitrogens with one attached hydrogen (secondary N) is 1. The van der Waals surface area contributed by atoms with Crippen LogP contribution < -0.4 is 10.2 Å². The molecule has 2 atom stereocenters. The smallest absolute Gasteiger partial charge is 0.150 e. The molecule has 3 nitrogen and oxygen atoms in total. The summed E-state index contributed by atoms with van der Waals surface area (Å²) in [6.07, 6.45) is -1.09. The molecule has 0 bridgehead atoms. The van der Waals surface area contributed by atoms with Gasteiger partial charge in [-0.05, 0) is 17.5 Å². The first-order chi connectivity index (χ1) is 9.19. The first-order valence-corrected chi connectivity index (χ1v) is 6.28. The van der Waals surface area contributed by atoms with Gasteiger partial charge in [-0.1, -0.05) is 12.1 Å². The van der Waals surface area contributed by atoms with Crippen LogP contribution in [0, 0.1) is 0 Å². The number of nitrogens with zero attached hydrogens (tertiary/aromatic N) is 2. The van der Waals surface area contributed by atoms with E-state index in [0.29, 0.717) is 5.82 Å². The maximum atomic E-state index is 13.2. The zero-order valence-corrected chi connectivity index (χ0v) is 10.6. The summed E-state index contributed by atoms with van der Waals surface area (Å²) >= 11 is 0. The van der Waals surface area contributed by atoms with Crippen molar-refractivity contribution in [1.82, 2.24) is 4.98 Å². The fourth-order valence-corrected chi connectivity index (χ4v) is 2.46. The van der Waals surface area contributed by atoms with Gasteiger partial charge in [0, 0.05) is 24.3 Å². The van der Waals surface area contributed by atoms with Crippen LogP contribution in [-0.2, 0) is 0 Å². The molecule has 0 saturated carbocycles. The van der Waals surface area contributed by atoms with Gasteiger partial charge in [-0.25, -0.2) is 13.8 Å².